The molecule has 1 aliphatic rings. The minimum atomic E-state index is -0.921. The van der Waals surface area contributed by atoms with E-state index in [4.69, 9.17) is 16.7 Å². The fourth-order valence-corrected chi connectivity index (χ4v) is 2.27. The molecule has 1 fully saturated rings. The van der Waals surface area contributed by atoms with Gasteiger partial charge in [-0.05, 0) is 25.0 Å². The summed E-state index contributed by atoms with van der Waals surface area (Å²) in [5.74, 6) is -2.07. The molecule has 0 aliphatic heterocycles. The van der Waals surface area contributed by atoms with Crippen LogP contribution in [0.2, 0.25) is 5.15 Å². The Morgan fingerprint density at radius 3 is 2.61 bits per heavy atom. The molecule has 2 rings (SSSR count). The van der Waals surface area contributed by atoms with Gasteiger partial charge in [-0.3, -0.25) is 9.59 Å². The molecule has 0 spiro atoms. The van der Waals surface area contributed by atoms with Crippen molar-refractivity contribution >= 4 is 29.3 Å². The van der Waals surface area contributed by atoms with Gasteiger partial charge in [0.2, 0.25) is 5.91 Å². The number of amides is 1. The molecule has 1 saturated carbocycles. The summed E-state index contributed by atoms with van der Waals surface area (Å²) in [6, 6.07) is 3.03. The van der Waals surface area contributed by atoms with Gasteiger partial charge >= 0.3 is 5.97 Å². The Morgan fingerprint density at radius 2 is 2.00 bits per heavy atom. The Balaban J connectivity index is 2.03. The van der Waals surface area contributed by atoms with Crippen molar-refractivity contribution < 1.29 is 14.7 Å². The molecule has 2 N–H and O–H groups in total. The van der Waals surface area contributed by atoms with E-state index in [0.29, 0.717) is 12.8 Å². The maximum atomic E-state index is 11.9. The molecule has 1 amide bonds. The van der Waals surface area contributed by atoms with Crippen LogP contribution in [0.1, 0.15) is 19.3 Å². The van der Waals surface area contributed by atoms with Crippen LogP contribution in [0.5, 0.6) is 0 Å². The van der Waals surface area contributed by atoms with E-state index in [9.17, 15) is 9.59 Å². The normalized spacial score (nSPS) is 22.7. The van der Waals surface area contributed by atoms with Crippen molar-refractivity contribution in [3.8, 4) is 0 Å². The second kappa shape index (κ2) is 5.30. The Kier molecular flexibility index (Phi) is 3.76. The smallest absolute Gasteiger partial charge is 0.307 e. The third-order valence-electron chi connectivity index (χ3n) is 3.05. The van der Waals surface area contributed by atoms with Gasteiger partial charge in [0.05, 0.1) is 11.8 Å². The molecule has 96 valence electrons. The monoisotopic (exact) mass is 269 g/mol. The Bertz CT molecular complexity index is 463. The lowest BCUT2D eigenvalue weighted by Gasteiger charge is -2.14. The lowest BCUT2D eigenvalue weighted by molar-refractivity contribution is -0.145. The number of rotatable bonds is 3. The molecular weight excluding hydrogens is 258 g/mol. The van der Waals surface area contributed by atoms with E-state index in [-0.39, 0.29) is 16.9 Å². The van der Waals surface area contributed by atoms with Crippen molar-refractivity contribution in [3.63, 3.8) is 0 Å². The predicted octanol–water partition coefficient (Wildman–Crippen LogP) is 1.57. The average Bonchev–Trinajstić information content (AvgIpc) is 2.81. The second-order valence-electron chi connectivity index (χ2n) is 4.21. The van der Waals surface area contributed by atoms with E-state index in [1.54, 1.807) is 0 Å². The zero-order valence-electron chi connectivity index (χ0n) is 9.47. The van der Waals surface area contributed by atoms with Crippen LogP contribution in [0, 0.1) is 11.8 Å². The van der Waals surface area contributed by atoms with Crippen molar-refractivity contribution in [1.82, 2.24) is 10.2 Å². The Hall–Kier alpha value is -1.69. The molecule has 0 radical (unpaired) electrons. The maximum Gasteiger partial charge on any atom is 0.307 e. The van der Waals surface area contributed by atoms with Gasteiger partial charge in [-0.1, -0.05) is 18.0 Å². The number of carbonyl (C=O) groups excluding carboxylic acids is 1. The van der Waals surface area contributed by atoms with Gasteiger partial charge in [-0.25, -0.2) is 0 Å². The van der Waals surface area contributed by atoms with Gasteiger partial charge in [0.15, 0.2) is 11.0 Å². The third-order valence-corrected chi connectivity index (χ3v) is 3.25. The molecular formula is C11H12ClN3O3. The number of nitrogens with one attached hydrogen (secondary N) is 1. The number of hydrogen-bond donors (Lipinski definition) is 2. The molecule has 0 saturated heterocycles. The summed E-state index contributed by atoms with van der Waals surface area (Å²) in [7, 11) is 0. The van der Waals surface area contributed by atoms with Crippen LogP contribution in [0.4, 0.5) is 5.82 Å². The minimum absolute atomic E-state index is 0.234. The Morgan fingerprint density at radius 1 is 1.28 bits per heavy atom. The van der Waals surface area contributed by atoms with Gasteiger partial charge < -0.3 is 10.4 Å². The lowest BCUT2D eigenvalue weighted by atomic mass is 9.95. The lowest BCUT2D eigenvalue weighted by Crippen LogP contribution is -2.30. The zero-order chi connectivity index (χ0) is 13.1. The highest BCUT2D eigenvalue weighted by Gasteiger charge is 2.37. The third kappa shape index (κ3) is 2.76. The van der Waals surface area contributed by atoms with E-state index in [1.165, 1.54) is 12.1 Å². The van der Waals surface area contributed by atoms with Crippen LogP contribution in [0.15, 0.2) is 12.1 Å². The van der Waals surface area contributed by atoms with Gasteiger partial charge in [0.1, 0.15) is 0 Å². The number of anilines is 1. The van der Waals surface area contributed by atoms with Crippen LogP contribution in [-0.4, -0.2) is 27.2 Å². The zero-order valence-corrected chi connectivity index (χ0v) is 10.2. The minimum Gasteiger partial charge on any atom is -0.481 e. The molecule has 1 aromatic rings. The van der Waals surface area contributed by atoms with Crippen LogP contribution in [0.25, 0.3) is 0 Å². The summed E-state index contributed by atoms with van der Waals surface area (Å²) in [6.07, 6.45) is 1.88. The first kappa shape index (κ1) is 12.8. The number of carbonyl (C=O) groups is 2. The topological polar surface area (TPSA) is 92.2 Å². The van der Waals surface area contributed by atoms with Gasteiger partial charge in [0, 0.05) is 0 Å². The molecule has 1 aliphatic carbocycles. The maximum absolute atomic E-state index is 11.9. The van der Waals surface area contributed by atoms with E-state index in [2.05, 4.69) is 15.5 Å². The van der Waals surface area contributed by atoms with E-state index in [1.807, 2.05) is 0 Å². The molecule has 2 atom stereocenters. The SMILES string of the molecule is O=C(O)[C@H]1CCC[C@H]1C(=O)Nc1ccc(Cl)nn1. The molecule has 1 heterocycles. The van der Waals surface area contributed by atoms with Crippen LogP contribution >= 0.6 is 11.6 Å². The summed E-state index contributed by atoms with van der Waals surface area (Å²) < 4.78 is 0. The standard InChI is InChI=1S/C11H12ClN3O3/c12-8-4-5-9(15-14-8)13-10(16)6-2-1-3-7(6)11(17)18/h4-7H,1-3H2,(H,17,18)(H,13,15,16)/t6-,7+/m1/s1. The molecule has 18 heavy (non-hydrogen) atoms. The number of halogens is 1. The van der Waals surface area contributed by atoms with Gasteiger partial charge in [-0.2, -0.15) is 0 Å². The summed E-state index contributed by atoms with van der Waals surface area (Å²) in [5.41, 5.74) is 0. The van der Waals surface area contributed by atoms with Crippen LogP contribution < -0.4 is 5.32 Å². The van der Waals surface area contributed by atoms with Crippen molar-refractivity contribution in [3.05, 3.63) is 17.3 Å². The van der Waals surface area contributed by atoms with Crippen molar-refractivity contribution in [2.24, 2.45) is 11.8 Å². The van der Waals surface area contributed by atoms with Crippen LogP contribution in [0.3, 0.4) is 0 Å². The summed E-state index contributed by atoms with van der Waals surface area (Å²) >= 11 is 5.58. The number of carboxylic acids is 1. The number of hydrogen-bond acceptors (Lipinski definition) is 4. The summed E-state index contributed by atoms with van der Waals surface area (Å²) in [6.45, 7) is 0. The molecule has 7 heteroatoms. The highest BCUT2D eigenvalue weighted by Crippen LogP contribution is 2.32. The van der Waals surface area contributed by atoms with E-state index in [0.717, 1.165) is 6.42 Å². The summed E-state index contributed by atoms with van der Waals surface area (Å²) in [4.78, 5) is 22.9. The fourth-order valence-electron chi connectivity index (χ4n) is 2.17. The van der Waals surface area contributed by atoms with E-state index < -0.39 is 17.8 Å². The molecule has 0 unspecified atom stereocenters. The Labute approximate surface area is 108 Å². The average molecular weight is 270 g/mol. The quantitative estimate of drug-likeness (QED) is 0.869. The van der Waals surface area contributed by atoms with Crippen molar-refractivity contribution in [1.29, 1.82) is 0 Å². The second-order valence-corrected chi connectivity index (χ2v) is 4.60. The first-order valence-electron chi connectivity index (χ1n) is 5.61. The van der Waals surface area contributed by atoms with Crippen molar-refractivity contribution in [2.75, 3.05) is 5.32 Å². The highest BCUT2D eigenvalue weighted by atomic mass is 35.5. The van der Waals surface area contributed by atoms with Gasteiger partial charge in [0.25, 0.3) is 0 Å². The first-order chi connectivity index (χ1) is 8.58. The van der Waals surface area contributed by atoms with Crippen LogP contribution in [-0.2, 0) is 9.59 Å². The fraction of sp³-hybridized carbons (Fsp3) is 0.455. The number of aromatic nitrogens is 2. The highest BCUT2D eigenvalue weighted by molar-refractivity contribution is 6.29. The molecule has 6 nitrogen and oxygen atoms in total. The number of carboxylic acid groups (broad SMARTS) is 1. The number of aliphatic carboxylic acids is 1. The van der Waals surface area contributed by atoms with E-state index >= 15 is 0 Å². The largest absolute Gasteiger partial charge is 0.481 e. The number of nitrogens with zero attached hydrogens (tertiary/aromatic N) is 2. The van der Waals surface area contributed by atoms with Gasteiger partial charge in [-0.15, -0.1) is 10.2 Å². The van der Waals surface area contributed by atoms with Crippen molar-refractivity contribution in [2.45, 2.75) is 19.3 Å². The molecule has 0 aromatic carbocycles. The predicted molar refractivity (Wildman–Crippen MR) is 64.1 cm³/mol. The molecule has 0 bridgehead atoms. The summed E-state index contributed by atoms with van der Waals surface area (Å²) in [5, 5.41) is 19.1. The first-order valence-corrected chi connectivity index (χ1v) is 5.98. The molecule has 1 aromatic heterocycles.